The number of ether oxygens (including phenoxy) is 1. The van der Waals surface area contributed by atoms with Crippen molar-refractivity contribution in [1.82, 2.24) is 4.98 Å². The molecule has 0 aliphatic heterocycles. The fourth-order valence-corrected chi connectivity index (χ4v) is 0.758. The highest BCUT2D eigenvalue weighted by molar-refractivity contribution is 5.95. The lowest BCUT2D eigenvalue weighted by molar-refractivity contribution is 0.412. The first kappa shape index (κ1) is 7.53. The van der Waals surface area contributed by atoms with Gasteiger partial charge in [0, 0.05) is 6.20 Å². The number of methoxy groups -OCH3 is 1. The predicted octanol–water partition coefficient (Wildman–Crippen LogP) is 0.374. The van der Waals surface area contributed by atoms with Gasteiger partial charge in [0.1, 0.15) is 17.3 Å². The van der Waals surface area contributed by atoms with Crippen LogP contribution in [-0.4, -0.2) is 17.9 Å². The molecule has 1 aromatic heterocycles. The third-order valence-corrected chi connectivity index (χ3v) is 1.25. The van der Waals surface area contributed by atoms with Crippen LogP contribution in [-0.2, 0) is 0 Å². The Balaban J connectivity index is 3.12. The summed E-state index contributed by atoms with van der Waals surface area (Å²) in [5, 5.41) is 7.11. The van der Waals surface area contributed by atoms with Gasteiger partial charge in [-0.1, -0.05) is 0 Å². The quantitative estimate of drug-likeness (QED) is 0.474. The zero-order valence-corrected chi connectivity index (χ0v) is 6.16. The topological polar surface area (TPSA) is 72.0 Å². The molecule has 0 bridgehead atoms. The normalized spacial score (nSPS) is 9.18. The van der Waals surface area contributed by atoms with E-state index in [4.69, 9.17) is 15.9 Å². The highest BCUT2D eigenvalue weighted by Gasteiger charge is 2.04. The molecule has 0 atom stereocenters. The van der Waals surface area contributed by atoms with E-state index in [9.17, 15) is 0 Å². The zero-order valence-electron chi connectivity index (χ0n) is 6.16. The van der Waals surface area contributed by atoms with E-state index in [1.165, 1.54) is 7.11 Å². The van der Waals surface area contributed by atoms with Gasteiger partial charge >= 0.3 is 0 Å². The Morgan fingerprint density at radius 1 is 1.73 bits per heavy atom. The third-order valence-electron chi connectivity index (χ3n) is 1.25. The Morgan fingerprint density at radius 2 is 2.45 bits per heavy atom. The number of hydrogen-bond donors (Lipinski definition) is 2. The van der Waals surface area contributed by atoms with Gasteiger partial charge in [0.05, 0.1) is 7.11 Å². The third kappa shape index (κ3) is 1.46. The number of nitrogens with zero attached hydrogens (tertiary/aromatic N) is 1. The molecule has 1 rings (SSSR count). The number of nitrogen functional groups attached to an aromatic ring is 1. The zero-order chi connectivity index (χ0) is 8.27. The number of nitrogens with two attached hydrogens (primary N) is 1. The molecule has 0 unspecified atom stereocenters. The Bertz CT molecular complexity index is 272. The lowest BCUT2D eigenvalue weighted by atomic mass is 10.3. The van der Waals surface area contributed by atoms with Crippen LogP contribution in [0, 0.1) is 5.41 Å². The molecule has 0 aliphatic rings. The van der Waals surface area contributed by atoms with Crippen molar-refractivity contribution in [3.05, 3.63) is 24.0 Å². The van der Waals surface area contributed by atoms with Crippen molar-refractivity contribution < 1.29 is 4.74 Å². The SMILES string of the molecule is COc1cccnc1C(=N)N. The molecule has 0 fully saturated rings. The molecule has 1 aromatic rings. The van der Waals surface area contributed by atoms with Gasteiger partial charge < -0.3 is 10.5 Å². The number of hydrogen-bond acceptors (Lipinski definition) is 3. The summed E-state index contributed by atoms with van der Waals surface area (Å²) >= 11 is 0. The summed E-state index contributed by atoms with van der Waals surface area (Å²) in [6.07, 6.45) is 1.57. The van der Waals surface area contributed by atoms with Crippen LogP contribution < -0.4 is 10.5 Å². The molecule has 58 valence electrons. The molecule has 11 heavy (non-hydrogen) atoms. The van der Waals surface area contributed by atoms with Gasteiger partial charge in [-0.05, 0) is 12.1 Å². The molecule has 0 aromatic carbocycles. The minimum atomic E-state index is -0.0811. The number of rotatable bonds is 2. The number of amidine groups is 1. The molecule has 3 N–H and O–H groups in total. The molecule has 4 heteroatoms. The first-order chi connectivity index (χ1) is 5.25. The molecule has 1 heterocycles. The van der Waals surface area contributed by atoms with Crippen LogP contribution in [0.4, 0.5) is 0 Å². The van der Waals surface area contributed by atoms with Crippen molar-refractivity contribution in [2.24, 2.45) is 5.73 Å². The summed E-state index contributed by atoms with van der Waals surface area (Å²) < 4.78 is 4.92. The van der Waals surface area contributed by atoms with Gasteiger partial charge in [-0.2, -0.15) is 0 Å². The van der Waals surface area contributed by atoms with Crippen LogP contribution in [0.2, 0.25) is 0 Å². The molecular weight excluding hydrogens is 142 g/mol. The van der Waals surface area contributed by atoms with Crippen LogP contribution in [0.5, 0.6) is 5.75 Å². The first-order valence-electron chi connectivity index (χ1n) is 3.09. The van der Waals surface area contributed by atoms with E-state index in [0.29, 0.717) is 11.4 Å². The van der Waals surface area contributed by atoms with E-state index < -0.39 is 0 Å². The van der Waals surface area contributed by atoms with Crippen molar-refractivity contribution >= 4 is 5.84 Å². The van der Waals surface area contributed by atoms with Gasteiger partial charge in [-0.15, -0.1) is 0 Å². The van der Waals surface area contributed by atoms with E-state index in [1.807, 2.05) is 0 Å². The van der Waals surface area contributed by atoms with Crippen LogP contribution >= 0.6 is 0 Å². The van der Waals surface area contributed by atoms with Crippen LogP contribution in [0.25, 0.3) is 0 Å². The second kappa shape index (κ2) is 3.01. The molecule has 0 amide bonds. The molecule has 0 radical (unpaired) electrons. The minimum Gasteiger partial charge on any atom is -0.494 e. The highest BCUT2D eigenvalue weighted by atomic mass is 16.5. The Labute approximate surface area is 64.5 Å². The lowest BCUT2D eigenvalue weighted by Crippen LogP contribution is -2.14. The smallest absolute Gasteiger partial charge is 0.148 e. The van der Waals surface area contributed by atoms with E-state index in [1.54, 1.807) is 18.3 Å². The second-order valence-electron chi connectivity index (χ2n) is 1.97. The Morgan fingerprint density at radius 3 is 2.91 bits per heavy atom. The van der Waals surface area contributed by atoms with Crippen molar-refractivity contribution in [3.8, 4) is 5.75 Å². The molecule has 0 saturated heterocycles. The van der Waals surface area contributed by atoms with Crippen LogP contribution in [0.1, 0.15) is 5.69 Å². The summed E-state index contributed by atoms with van der Waals surface area (Å²) in [5.74, 6) is 0.447. The average Bonchev–Trinajstić information content (AvgIpc) is 2.04. The fraction of sp³-hybridized carbons (Fsp3) is 0.143. The van der Waals surface area contributed by atoms with E-state index in [-0.39, 0.29) is 5.84 Å². The summed E-state index contributed by atoms with van der Waals surface area (Å²) in [4.78, 5) is 3.87. The van der Waals surface area contributed by atoms with E-state index in [2.05, 4.69) is 4.98 Å². The Kier molecular flexibility index (Phi) is 2.06. The van der Waals surface area contributed by atoms with Gasteiger partial charge in [0.25, 0.3) is 0 Å². The average molecular weight is 151 g/mol. The monoisotopic (exact) mass is 151 g/mol. The van der Waals surface area contributed by atoms with Gasteiger partial charge in [0.15, 0.2) is 0 Å². The molecule has 0 aliphatic carbocycles. The number of nitrogens with one attached hydrogen (secondary N) is 1. The van der Waals surface area contributed by atoms with E-state index >= 15 is 0 Å². The fourth-order valence-electron chi connectivity index (χ4n) is 0.758. The van der Waals surface area contributed by atoms with Crippen molar-refractivity contribution in [1.29, 1.82) is 5.41 Å². The maximum Gasteiger partial charge on any atom is 0.148 e. The van der Waals surface area contributed by atoms with Gasteiger partial charge in [0.2, 0.25) is 0 Å². The van der Waals surface area contributed by atoms with Crippen LogP contribution in [0.15, 0.2) is 18.3 Å². The van der Waals surface area contributed by atoms with E-state index in [0.717, 1.165) is 0 Å². The summed E-state index contributed by atoms with van der Waals surface area (Å²) in [5.41, 5.74) is 5.62. The standard InChI is InChI=1S/C7H9N3O/c1-11-5-3-2-4-10-6(5)7(8)9/h2-4H,1H3,(H3,8,9). The predicted molar refractivity (Wildman–Crippen MR) is 41.8 cm³/mol. The maximum atomic E-state index is 7.11. The summed E-state index contributed by atoms with van der Waals surface area (Å²) in [6.45, 7) is 0. The Hall–Kier alpha value is -1.58. The van der Waals surface area contributed by atoms with Gasteiger partial charge in [-0.25, -0.2) is 4.98 Å². The number of pyridine rings is 1. The molecular formula is C7H9N3O. The largest absolute Gasteiger partial charge is 0.494 e. The molecule has 0 saturated carbocycles. The summed E-state index contributed by atoms with van der Waals surface area (Å²) in [7, 11) is 1.52. The summed E-state index contributed by atoms with van der Waals surface area (Å²) in [6, 6.07) is 3.44. The molecule has 0 spiro atoms. The lowest BCUT2D eigenvalue weighted by Gasteiger charge is -2.03. The minimum absolute atomic E-state index is 0.0811. The molecule has 4 nitrogen and oxygen atoms in total. The van der Waals surface area contributed by atoms with Gasteiger partial charge in [-0.3, -0.25) is 5.41 Å². The van der Waals surface area contributed by atoms with Crippen LogP contribution in [0.3, 0.4) is 0 Å². The van der Waals surface area contributed by atoms with Crippen molar-refractivity contribution in [2.75, 3.05) is 7.11 Å². The second-order valence-corrected chi connectivity index (χ2v) is 1.97. The number of aromatic nitrogens is 1. The van der Waals surface area contributed by atoms with Crippen molar-refractivity contribution in [2.45, 2.75) is 0 Å². The highest BCUT2D eigenvalue weighted by Crippen LogP contribution is 2.12. The first-order valence-corrected chi connectivity index (χ1v) is 3.09. The maximum absolute atomic E-state index is 7.11. The van der Waals surface area contributed by atoms with Crippen molar-refractivity contribution in [3.63, 3.8) is 0 Å².